The van der Waals surface area contributed by atoms with Gasteiger partial charge in [-0.1, -0.05) is 23.7 Å². The topological polar surface area (TPSA) is 91.0 Å². The van der Waals surface area contributed by atoms with Crippen molar-refractivity contribution in [3.8, 4) is 11.5 Å². The molecule has 7 nitrogen and oxygen atoms in total. The number of nitro groups is 1. The molecule has 2 aromatic carbocycles. The Balaban J connectivity index is 1.97. The molecule has 150 valence electrons. The summed E-state index contributed by atoms with van der Waals surface area (Å²) < 4.78 is 49.1. The van der Waals surface area contributed by atoms with Crippen molar-refractivity contribution in [2.24, 2.45) is 4.99 Å². The predicted octanol–water partition coefficient (Wildman–Crippen LogP) is 5.38. The number of nitrogens with zero attached hydrogens (tertiary/aromatic N) is 2. The van der Waals surface area contributed by atoms with E-state index in [0.29, 0.717) is 11.6 Å². The molecule has 0 spiro atoms. The summed E-state index contributed by atoms with van der Waals surface area (Å²) in [7, 11) is 0. The van der Waals surface area contributed by atoms with Crippen LogP contribution in [0.4, 0.5) is 18.9 Å². The summed E-state index contributed by atoms with van der Waals surface area (Å²) in [5.74, 6) is -0.847. The molecule has 29 heavy (non-hydrogen) atoms. The minimum Gasteiger partial charge on any atom is -0.450 e. The molecular weight excluding hydrogens is 417 g/mol. The van der Waals surface area contributed by atoms with E-state index in [1.54, 1.807) is 6.07 Å². The van der Waals surface area contributed by atoms with Crippen molar-refractivity contribution >= 4 is 35.2 Å². The average Bonchev–Trinajstić information content (AvgIpc) is 2.91. The molecule has 0 saturated heterocycles. The molecule has 11 heteroatoms. The Kier molecular flexibility index (Phi) is 5.29. The summed E-state index contributed by atoms with van der Waals surface area (Å²) in [5, 5.41) is 10.5. The molecule has 0 saturated carbocycles. The first kappa shape index (κ1) is 20.3. The van der Waals surface area contributed by atoms with Gasteiger partial charge < -0.3 is 9.47 Å². The van der Waals surface area contributed by atoms with Gasteiger partial charge in [-0.3, -0.25) is 10.1 Å². The number of benzene rings is 2. The highest BCUT2D eigenvalue weighted by atomic mass is 35.5. The monoisotopic (exact) mass is 426 g/mol. The lowest BCUT2D eigenvalue weighted by Crippen LogP contribution is -2.07. The smallest absolute Gasteiger partial charge is 0.418 e. The number of esters is 1. The second-order valence-electron chi connectivity index (χ2n) is 5.78. The molecule has 1 heterocycles. The average molecular weight is 427 g/mol. The number of halogens is 4. The molecule has 1 aliphatic heterocycles. The van der Waals surface area contributed by atoms with E-state index in [1.807, 2.05) is 0 Å². The number of carbonyl (C=O) groups is 1. The van der Waals surface area contributed by atoms with E-state index in [0.717, 1.165) is 6.07 Å². The highest BCUT2D eigenvalue weighted by Gasteiger charge is 2.36. The van der Waals surface area contributed by atoms with Crippen LogP contribution in [0.1, 0.15) is 18.1 Å². The highest BCUT2D eigenvalue weighted by Crippen LogP contribution is 2.42. The van der Waals surface area contributed by atoms with Crippen LogP contribution in [0.15, 0.2) is 47.1 Å². The molecule has 2 aromatic rings. The number of carbonyl (C=O) groups excluding carboxylic acids is 1. The maximum absolute atomic E-state index is 13.0. The van der Waals surface area contributed by atoms with E-state index < -0.39 is 39.1 Å². The number of aliphatic imine (C=N–C) groups is 1. The molecule has 0 atom stereocenters. The summed E-state index contributed by atoms with van der Waals surface area (Å²) >= 11 is 5.63. The zero-order valence-corrected chi connectivity index (χ0v) is 15.2. The zero-order valence-electron chi connectivity index (χ0n) is 14.5. The van der Waals surface area contributed by atoms with Crippen LogP contribution in [-0.2, 0) is 15.7 Å². The molecule has 3 rings (SSSR count). The van der Waals surface area contributed by atoms with Crippen LogP contribution in [-0.4, -0.2) is 16.8 Å². The van der Waals surface area contributed by atoms with Gasteiger partial charge in [-0.05, 0) is 23.8 Å². The summed E-state index contributed by atoms with van der Waals surface area (Å²) in [6, 6.07) is 7.02. The fourth-order valence-electron chi connectivity index (χ4n) is 2.45. The van der Waals surface area contributed by atoms with Gasteiger partial charge in [0.05, 0.1) is 15.5 Å². The van der Waals surface area contributed by atoms with Gasteiger partial charge in [0.25, 0.3) is 0 Å². The second-order valence-corrected chi connectivity index (χ2v) is 6.19. The minimum atomic E-state index is -4.86. The fourth-order valence-corrected chi connectivity index (χ4v) is 2.71. The Morgan fingerprint density at radius 2 is 2.00 bits per heavy atom. The Hall–Kier alpha value is -3.40. The molecule has 0 aromatic heterocycles. The molecule has 0 N–H and O–H groups in total. The maximum atomic E-state index is 13.0. The summed E-state index contributed by atoms with van der Waals surface area (Å²) in [4.78, 5) is 25.7. The van der Waals surface area contributed by atoms with E-state index in [-0.39, 0.29) is 17.3 Å². The summed E-state index contributed by atoms with van der Waals surface area (Å²) in [6.45, 7) is 1.51. The Morgan fingerprint density at radius 1 is 1.28 bits per heavy atom. The lowest BCUT2D eigenvalue weighted by molar-refractivity contribution is -0.385. The van der Waals surface area contributed by atoms with Crippen molar-refractivity contribution in [3.05, 3.63) is 68.4 Å². The van der Waals surface area contributed by atoms with Crippen LogP contribution in [0.3, 0.4) is 0 Å². The fraction of sp³-hybridized carbons (Fsp3) is 0.111. The maximum Gasteiger partial charge on any atom is 0.418 e. The number of hydrogen-bond acceptors (Lipinski definition) is 6. The van der Waals surface area contributed by atoms with Crippen LogP contribution < -0.4 is 4.74 Å². The summed E-state index contributed by atoms with van der Waals surface area (Å²) in [5.41, 5.74) is -1.74. The Bertz CT molecular complexity index is 1080. The van der Waals surface area contributed by atoms with E-state index in [1.165, 1.54) is 31.2 Å². The van der Waals surface area contributed by atoms with Crippen molar-refractivity contribution in [1.82, 2.24) is 0 Å². The van der Waals surface area contributed by atoms with Crippen molar-refractivity contribution in [3.63, 3.8) is 0 Å². The van der Waals surface area contributed by atoms with Crippen molar-refractivity contribution in [1.29, 1.82) is 0 Å². The van der Waals surface area contributed by atoms with Gasteiger partial charge >= 0.3 is 17.8 Å². The van der Waals surface area contributed by atoms with Crippen LogP contribution in [0, 0.1) is 10.1 Å². The Labute approximate surface area is 166 Å². The van der Waals surface area contributed by atoms with E-state index in [9.17, 15) is 28.1 Å². The number of cyclic esters (lactones) is 1. The van der Waals surface area contributed by atoms with Crippen LogP contribution >= 0.6 is 11.6 Å². The SMILES string of the molecule is CC1=NC(=Cc2cccc(Oc3cc(Cl)c(C(F)(F)F)cc3[N+](=O)[O-])c2)C(=O)O1. The van der Waals surface area contributed by atoms with Gasteiger partial charge in [-0.15, -0.1) is 0 Å². The number of hydrogen-bond donors (Lipinski definition) is 0. The molecule has 0 aliphatic carbocycles. The third-order valence-electron chi connectivity index (χ3n) is 3.67. The number of alkyl halides is 3. The molecule has 0 bridgehead atoms. The van der Waals surface area contributed by atoms with Gasteiger partial charge in [-0.25, -0.2) is 9.79 Å². The van der Waals surface area contributed by atoms with Crippen LogP contribution in [0.25, 0.3) is 6.08 Å². The number of nitro benzene ring substituents is 1. The third-order valence-corrected chi connectivity index (χ3v) is 3.98. The van der Waals surface area contributed by atoms with Gasteiger partial charge in [0.1, 0.15) is 5.75 Å². The van der Waals surface area contributed by atoms with Crippen LogP contribution in [0.5, 0.6) is 11.5 Å². The molecule has 0 radical (unpaired) electrons. The van der Waals surface area contributed by atoms with Crippen LogP contribution in [0.2, 0.25) is 5.02 Å². The number of rotatable bonds is 4. The van der Waals surface area contributed by atoms with Gasteiger partial charge in [0, 0.05) is 19.1 Å². The molecule has 0 unspecified atom stereocenters. The highest BCUT2D eigenvalue weighted by molar-refractivity contribution is 6.31. The van der Waals surface area contributed by atoms with E-state index in [2.05, 4.69) is 4.99 Å². The van der Waals surface area contributed by atoms with Gasteiger partial charge in [0.15, 0.2) is 11.6 Å². The van der Waals surface area contributed by atoms with E-state index >= 15 is 0 Å². The van der Waals surface area contributed by atoms with Crippen molar-refractivity contribution in [2.75, 3.05) is 0 Å². The van der Waals surface area contributed by atoms with Gasteiger partial charge in [0.2, 0.25) is 5.75 Å². The molecule has 0 fully saturated rings. The predicted molar refractivity (Wildman–Crippen MR) is 96.8 cm³/mol. The number of ether oxygens (including phenoxy) is 2. The first-order valence-corrected chi connectivity index (χ1v) is 8.24. The Morgan fingerprint density at radius 3 is 2.59 bits per heavy atom. The third kappa shape index (κ3) is 4.54. The largest absolute Gasteiger partial charge is 0.450 e. The molecule has 0 amide bonds. The molecular formula is C18H10ClF3N2O5. The first-order valence-electron chi connectivity index (χ1n) is 7.87. The van der Waals surface area contributed by atoms with Crippen molar-refractivity contribution in [2.45, 2.75) is 13.1 Å². The molecule has 1 aliphatic rings. The van der Waals surface area contributed by atoms with E-state index in [4.69, 9.17) is 21.1 Å². The standard InChI is InChI=1S/C18H10ClF3N2O5/c1-9-23-14(17(25)28-9)6-10-3-2-4-11(5-10)29-16-8-13(19)12(18(20,21)22)7-15(16)24(26)27/h2-8H,1H3. The minimum absolute atomic E-state index is 0.0446. The normalized spacial score (nSPS) is 15.3. The second kappa shape index (κ2) is 7.55. The van der Waals surface area contributed by atoms with Gasteiger partial charge in [-0.2, -0.15) is 13.2 Å². The quantitative estimate of drug-likeness (QED) is 0.283. The van der Waals surface area contributed by atoms with Crippen molar-refractivity contribution < 1.29 is 32.4 Å². The summed E-state index contributed by atoms with van der Waals surface area (Å²) in [6.07, 6.45) is -3.46. The lowest BCUT2D eigenvalue weighted by Gasteiger charge is -2.12. The lowest BCUT2D eigenvalue weighted by atomic mass is 10.1. The first-order chi connectivity index (χ1) is 13.5. The zero-order chi connectivity index (χ0) is 21.3.